The second-order valence-corrected chi connectivity index (χ2v) is 5.44. The first-order valence-electron chi connectivity index (χ1n) is 5.78. The lowest BCUT2D eigenvalue weighted by atomic mass is 10.2. The summed E-state index contributed by atoms with van der Waals surface area (Å²) in [6.45, 7) is 0.400. The van der Waals surface area contributed by atoms with E-state index in [-0.39, 0.29) is 0 Å². The normalized spacial score (nSPS) is 10.8. The largest absolute Gasteiger partial charge is 0.430 e. The lowest BCUT2D eigenvalue weighted by Crippen LogP contribution is -1.99. The number of thiazole rings is 1. The molecule has 19 heavy (non-hydrogen) atoms. The van der Waals surface area contributed by atoms with Gasteiger partial charge < -0.3 is 10.5 Å². The summed E-state index contributed by atoms with van der Waals surface area (Å²) in [6.07, 6.45) is 0. The van der Waals surface area contributed by atoms with Gasteiger partial charge in [-0.1, -0.05) is 41.1 Å². The third-order valence-corrected chi connectivity index (χ3v) is 3.87. The van der Waals surface area contributed by atoms with Crippen LogP contribution >= 0.6 is 22.9 Å². The van der Waals surface area contributed by atoms with Crippen molar-refractivity contribution in [1.82, 2.24) is 4.98 Å². The van der Waals surface area contributed by atoms with Crippen molar-refractivity contribution in [3.05, 3.63) is 53.1 Å². The van der Waals surface area contributed by atoms with Gasteiger partial charge in [-0.15, -0.1) is 0 Å². The zero-order valence-electron chi connectivity index (χ0n) is 9.97. The van der Waals surface area contributed by atoms with E-state index in [0.717, 1.165) is 15.8 Å². The molecule has 3 nitrogen and oxygen atoms in total. The monoisotopic (exact) mass is 290 g/mol. The average Bonchev–Trinajstić information content (AvgIpc) is 2.81. The van der Waals surface area contributed by atoms with Crippen molar-refractivity contribution in [1.29, 1.82) is 0 Å². The molecule has 2 N–H and O–H groups in total. The maximum absolute atomic E-state index is 5.98. The minimum atomic E-state index is 0.400. The van der Waals surface area contributed by atoms with Gasteiger partial charge >= 0.3 is 0 Å². The number of nitrogens with zero attached hydrogens (tertiary/aromatic N) is 1. The SMILES string of the molecule is NCc1ccc(Cl)cc1Oc1nc2ccccc2s1. The molecule has 1 aromatic heterocycles. The molecule has 0 fully saturated rings. The first-order valence-corrected chi connectivity index (χ1v) is 6.97. The van der Waals surface area contributed by atoms with E-state index in [9.17, 15) is 0 Å². The highest BCUT2D eigenvalue weighted by atomic mass is 35.5. The summed E-state index contributed by atoms with van der Waals surface area (Å²) in [7, 11) is 0. The molecule has 0 radical (unpaired) electrons. The van der Waals surface area contributed by atoms with Crippen molar-refractivity contribution in [3.63, 3.8) is 0 Å². The summed E-state index contributed by atoms with van der Waals surface area (Å²) in [5.74, 6) is 0.661. The van der Waals surface area contributed by atoms with E-state index in [1.807, 2.05) is 30.3 Å². The smallest absolute Gasteiger partial charge is 0.279 e. The van der Waals surface area contributed by atoms with Crippen molar-refractivity contribution in [2.24, 2.45) is 5.73 Å². The van der Waals surface area contributed by atoms with Crippen LogP contribution in [0.3, 0.4) is 0 Å². The lowest BCUT2D eigenvalue weighted by Gasteiger charge is -2.07. The Hall–Kier alpha value is -1.62. The molecule has 0 bridgehead atoms. The molecule has 96 valence electrons. The summed E-state index contributed by atoms with van der Waals surface area (Å²) in [6, 6.07) is 13.3. The number of para-hydroxylation sites is 1. The summed E-state index contributed by atoms with van der Waals surface area (Å²) >= 11 is 7.48. The Labute approximate surface area is 119 Å². The van der Waals surface area contributed by atoms with E-state index >= 15 is 0 Å². The van der Waals surface area contributed by atoms with Crippen LogP contribution < -0.4 is 10.5 Å². The second kappa shape index (κ2) is 5.17. The van der Waals surface area contributed by atoms with Gasteiger partial charge in [0.25, 0.3) is 5.19 Å². The van der Waals surface area contributed by atoms with Gasteiger partial charge in [0.15, 0.2) is 0 Å². The van der Waals surface area contributed by atoms with Gasteiger partial charge in [-0.05, 0) is 24.3 Å². The summed E-state index contributed by atoms with van der Waals surface area (Å²) < 4.78 is 6.90. The van der Waals surface area contributed by atoms with Crippen LogP contribution in [0.4, 0.5) is 0 Å². The number of ether oxygens (including phenoxy) is 1. The fourth-order valence-corrected chi connectivity index (χ4v) is 2.77. The van der Waals surface area contributed by atoms with Gasteiger partial charge in [0, 0.05) is 17.1 Å². The van der Waals surface area contributed by atoms with Crippen molar-refractivity contribution in [2.45, 2.75) is 6.54 Å². The van der Waals surface area contributed by atoms with Crippen LogP contribution in [-0.4, -0.2) is 4.98 Å². The van der Waals surface area contributed by atoms with Gasteiger partial charge in [-0.2, -0.15) is 0 Å². The first-order chi connectivity index (χ1) is 9.26. The van der Waals surface area contributed by atoms with Gasteiger partial charge in [-0.25, -0.2) is 4.98 Å². The molecular weight excluding hydrogens is 280 g/mol. The zero-order valence-corrected chi connectivity index (χ0v) is 11.5. The zero-order chi connectivity index (χ0) is 13.2. The molecule has 0 saturated carbocycles. The standard InChI is InChI=1S/C14H11ClN2OS/c15-10-6-5-9(8-16)12(7-10)18-14-17-11-3-1-2-4-13(11)19-14/h1-7H,8,16H2. The number of aromatic nitrogens is 1. The van der Waals surface area contributed by atoms with Crippen molar-refractivity contribution >= 4 is 33.2 Å². The fourth-order valence-electron chi connectivity index (χ4n) is 1.78. The van der Waals surface area contributed by atoms with Crippen LogP contribution in [0.25, 0.3) is 10.2 Å². The Morgan fingerprint density at radius 1 is 1.21 bits per heavy atom. The number of nitrogens with two attached hydrogens (primary N) is 1. The summed E-state index contributed by atoms with van der Waals surface area (Å²) in [5, 5.41) is 1.21. The van der Waals surface area contributed by atoms with Crippen LogP contribution in [0.2, 0.25) is 5.02 Å². The summed E-state index contributed by atoms with van der Waals surface area (Å²) in [5.41, 5.74) is 7.53. The Morgan fingerprint density at radius 3 is 2.84 bits per heavy atom. The van der Waals surface area contributed by atoms with Crippen LogP contribution in [0.15, 0.2) is 42.5 Å². The number of benzene rings is 2. The molecule has 5 heteroatoms. The maximum atomic E-state index is 5.98. The molecule has 3 aromatic rings. The van der Waals surface area contributed by atoms with Crippen molar-refractivity contribution < 1.29 is 4.74 Å². The number of rotatable bonds is 3. The molecule has 0 unspecified atom stereocenters. The Kier molecular flexibility index (Phi) is 3.38. The van der Waals surface area contributed by atoms with E-state index in [4.69, 9.17) is 22.1 Å². The third-order valence-electron chi connectivity index (χ3n) is 2.72. The Morgan fingerprint density at radius 2 is 2.05 bits per heavy atom. The van der Waals surface area contributed by atoms with Crippen molar-refractivity contribution in [2.75, 3.05) is 0 Å². The van der Waals surface area contributed by atoms with Crippen LogP contribution in [0.1, 0.15) is 5.56 Å². The number of halogens is 1. The van der Waals surface area contributed by atoms with E-state index in [0.29, 0.717) is 22.5 Å². The molecule has 0 aliphatic rings. The van der Waals surface area contributed by atoms with Gasteiger partial charge in [-0.3, -0.25) is 0 Å². The third kappa shape index (κ3) is 2.56. The number of hydrogen-bond donors (Lipinski definition) is 1. The lowest BCUT2D eigenvalue weighted by molar-refractivity contribution is 0.474. The van der Waals surface area contributed by atoms with Gasteiger partial charge in [0.1, 0.15) is 5.75 Å². The van der Waals surface area contributed by atoms with E-state index in [1.54, 1.807) is 12.1 Å². The molecule has 2 aromatic carbocycles. The molecule has 0 aliphatic heterocycles. The molecule has 3 rings (SSSR count). The van der Waals surface area contributed by atoms with E-state index in [1.165, 1.54) is 11.3 Å². The molecule has 1 heterocycles. The topological polar surface area (TPSA) is 48.1 Å². The molecule has 0 saturated heterocycles. The average molecular weight is 291 g/mol. The van der Waals surface area contributed by atoms with E-state index < -0.39 is 0 Å². The molecule has 0 spiro atoms. The number of fused-ring (bicyclic) bond motifs is 1. The number of hydrogen-bond acceptors (Lipinski definition) is 4. The molecule has 0 atom stereocenters. The van der Waals surface area contributed by atoms with Crippen LogP contribution in [0.5, 0.6) is 10.9 Å². The summed E-state index contributed by atoms with van der Waals surface area (Å²) in [4.78, 5) is 4.43. The van der Waals surface area contributed by atoms with Gasteiger partial charge in [0.05, 0.1) is 10.2 Å². The minimum Gasteiger partial charge on any atom is -0.430 e. The molecule has 0 amide bonds. The highest BCUT2D eigenvalue weighted by Crippen LogP contribution is 2.33. The highest BCUT2D eigenvalue weighted by molar-refractivity contribution is 7.20. The predicted molar refractivity (Wildman–Crippen MR) is 79.0 cm³/mol. The van der Waals surface area contributed by atoms with Crippen LogP contribution in [-0.2, 0) is 6.54 Å². The first kappa shape index (κ1) is 12.4. The van der Waals surface area contributed by atoms with Crippen molar-refractivity contribution in [3.8, 4) is 10.9 Å². The predicted octanol–water partition coefficient (Wildman–Crippen LogP) is 4.20. The molecule has 0 aliphatic carbocycles. The minimum absolute atomic E-state index is 0.400. The quantitative estimate of drug-likeness (QED) is 0.786. The van der Waals surface area contributed by atoms with Gasteiger partial charge in [0.2, 0.25) is 0 Å². The Bertz CT molecular complexity index is 693. The van der Waals surface area contributed by atoms with E-state index in [2.05, 4.69) is 4.98 Å². The fraction of sp³-hybridized carbons (Fsp3) is 0.0714. The maximum Gasteiger partial charge on any atom is 0.279 e. The Balaban J connectivity index is 1.98. The highest BCUT2D eigenvalue weighted by Gasteiger charge is 2.09. The van der Waals surface area contributed by atoms with Crippen LogP contribution in [0, 0.1) is 0 Å². The second-order valence-electron chi connectivity index (χ2n) is 4.01. The molecular formula is C14H11ClN2OS.